The second-order valence-electron chi connectivity index (χ2n) is 5.78. The molecule has 2 aromatic rings. The lowest BCUT2D eigenvalue weighted by molar-refractivity contribution is 0.223. The highest BCUT2D eigenvalue weighted by molar-refractivity contribution is 5.74. The van der Waals surface area contributed by atoms with Gasteiger partial charge in [-0.3, -0.25) is 9.88 Å². The summed E-state index contributed by atoms with van der Waals surface area (Å²) in [7, 11) is 3.91. The zero-order valence-corrected chi connectivity index (χ0v) is 13.8. The molecule has 0 radical (unpaired) electrons. The molecule has 2 unspecified atom stereocenters. The van der Waals surface area contributed by atoms with Gasteiger partial charge in [0.2, 0.25) is 0 Å². The average Bonchev–Trinajstić information content (AvgIpc) is 3.02. The summed E-state index contributed by atoms with van der Waals surface area (Å²) in [6, 6.07) is 9.36. The molecule has 0 bridgehead atoms. The SMILES string of the molecule is CC(Cc1ccccn1)NC(=O)NCC(c1ccco1)N(C)C. The van der Waals surface area contributed by atoms with E-state index < -0.39 is 0 Å². The number of nitrogens with zero attached hydrogens (tertiary/aromatic N) is 2. The van der Waals surface area contributed by atoms with Crippen LogP contribution in [0.2, 0.25) is 0 Å². The first-order valence-corrected chi connectivity index (χ1v) is 7.70. The highest BCUT2D eigenvalue weighted by Gasteiger charge is 2.18. The molecule has 0 aliphatic heterocycles. The molecule has 23 heavy (non-hydrogen) atoms. The molecule has 2 rings (SSSR count). The van der Waals surface area contributed by atoms with Gasteiger partial charge in [-0.1, -0.05) is 6.07 Å². The van der Waals surface area contributed by atoms with E-state index in [9.17, 15) is 4.79 Å². The summed E-state index contributed by atoms with van der Waals surface area (Å²) >= 11 is 0. The Balaban J connectivity index is 1.79. The Labute approximate surface area is 136 Å². The highest BCUT2D eigenvalue weighted by atomic mass is 16.3. The van der Waals surface area contributed by atoms with Crippen molar-refractivity contribution in [3.8, 4) is 0 Å². The molecular weight excluding hydrogens is 292 g/mol. The van der Waals surface area contributed by atoms with Gasteiger partial charge in [0.1, 0.15) is 5.76 Å². The number of hydrogen-bond donors (Lipinski definition) is 2. The number of nitrogens with one attached hydrogen (secondary N) is 2. The van der Waals surface area contributed by atoms with Gasteiger partial charge in [-0.15, -0.1) is 0 Å². The lowest BCUT2D eigenvalue weighted by Crippen LogP contribution is -2.44. The fraction of sp³-hybridized carbons (Fsp3) is 0.412. The number of rotatable bonds is 7. The van der Waals surface area contributed by atoms with E-state index in [1.165, 1.54) is 0 Å². The molecule has 0 spiro atoms. The van der Waals surface area contributed by atoms with Gasteiger partial charge in [-0.25, -0.2) is 4.79 Å². The molecule has 0 saturated carbocycles. The normalized spacial score (nSPS) is 13.6. The van der Waals surface area contributed by atoms with Gasteiger partial charge in [-0.05, 0) is 45.3 Å². The Morgan fingerprint density at radius 2 is 2.13 bits per heavy atom. The second kappa shape index (κ2) is 8.33. The Morgan fingerprint density at radius 3 is 2.74 bits per heavy atom. The molecular formula is C17H24N4O2. The monoisotopic (exact) mass is 316 g/mol. The van der Waals surface area contributed by atoms with Gasteiger partial charge in [0, 0.05) is 30.9 Å². The summed E-state index contributed by atoms with van der Waals surface area (Å²) in [6.07, 6.45) is 4.09. The van der Waals surface area contributed by atoms with Crippen molar-refractivity contribution in [2.24, 2.45) is 0 Å². The summed E-state index contributed by atoms with van der Waals surface area (Å²) in [4.78, 5) is 18.3. The van der Waals surface area contributed by atoms with Crippen molar-refractivity contribution in [1.82, 2.24) is 20.5 Å². The lowest BCUT2D eigenvalue weighted by Gasteiger charge is -2.23. The first-order valence-electron chi connectivity index (χ1n) is 7.70. The molecule has 2 aromatic heterocycles. The molecule has 2 heterocycles. The van der Waals surface area contributed by atoms with Gasteiger partial charge in [0.15, 0.2) is 0 Å². The molecule has 2 atom stereocenters. The van der Waals surface area contributed by atoms with Crippen molar-refractivity contribution < 1.29 is 9.21 Å². The van der Waals surface area contributed by atoms with Crippen LogP contribution in [-0.2, 0) is 6.42 Å². The van der Waals surface area contributed by atoms with Crippen molar-refractivity contribution in [3.05, 3.63) is 54.2 Å². The summed E-state index contributed by atoms with van der Waals surface area (Å²) < 4.78 is 5.43. The van der Waals surface area contributed by atoms with Crippen LogP contribution in [0.4, 0.5) is 4.79 Å². The van der Waals surface area contributed by atoms with Crippen LogP contribution < -0.4 is 10.6 Å². The Morgan fingerprint density at radius 1 is 1.30 bits per heavy atom. The number of urea groups is 1. The third kappa shape index (κ3) is 5.41. The fourth-order valence-electron chi connectivity index (χ4n) is 2.37. The van der Waals surface area contributed by atoms with E-state index in [-0.39, 0.29) is 18.1 Å². The molecule has 0 aliphatic carbocycles. The fourth-order valence-corrected chi connectivity index (χ4v) is 2.37. The smallest absolute Gasteiger partial charge is 0.315 e. The minimum atomic E-state index is -0.188. The van der Waals surface area contributed by atoms with Crippen LogP contribution in [0.1, 0.15) is 24.4 Å². The molecule has 6 heteroatoms. The molecule has 0 aromatic carbocycles. The number of carbonyl (C=O) groups is 1. The highest BCUT2D eigenvalue weighted by Crippen LogP contribution is 2.17. The number of furan rings is 1. The van der Waals surface area contributed by atoms with Crippen LogP contribution in [0, 0.1) is 0 Å². The van der Waals surface area contributed by atoms with Gasteiger partial charge >= 0.3 is 6.03 Å². The summed E-state index contributed by atoms with van der Waals surface area (Å²) in [6.45, 7) is 2.44. The third-order valence-corrected chi connectivity index (χ3v) is 3.57. The van der Waals surface area contributed by atoms with Crippen LogP contribution >= 0.6 is 0 Å². The molecule has 0 aliphatic rings. The Bertz CT molecular complexity index is 584. The van der Waals surface area contributed by atoms with E-state index in [1.807, 2.05) is 56.3 Å². The van der Waals surface area contributed by atoms with Crippen molar-refractivity contribution in [3.63, 3.8) is 0 Å². The largest absolute Gasteiger partial charge is 0.468 e. The Kier molecular flexibility index (Phi) is 6.17. The number of carbonyl (C=O) groups excluding carboxylic acids is 1. The number of hydrogen-bond acceptors (Lipinski definition) is 4. The maximum atomic E-state index is 12.0. The van der Waals surface area contributed by atoms with Crippen LogP contribution in [0.5, 0.6) is 0 Å². The van der Waals surface area contributed by atoms with Crippen LogP contribution in [0.3, 0.4) is 0 Å². The van der Waals surface area contributed by atoms with Crippen molar-refractivity contribution >= 4 is 6.03 Å². The predicted octanol–water partition coefficient (Wildman–Crippen LogP) is 2.21. The predicted molar refractivity (Wildman–Crippen MR) is 89.1 cm³/mol. The molecule has 0 saturated heterocycles. The number of amides is 2. The van der Waals surface area contributed by atoms with Gasteiger partial charge in [0.25, 0.3) is 0 Å². The molecule has 0 fully saturated rings. The molecule has 2 N–H and O–H groups in total. The van der Waals surface area contributed by atoms with E-state index in [0.29, 0.717) is 13.0 Å². The maximum absolute atomic E-state index is 12.0. The zero-order chi connectivity index (χ0) is 16.7. The van der Waals surface area contributed by atoms with Gasteiger partial charge in [0.05, 0.1) is 12.3 Å². The first-order chi connectivity index (χ1) is 11.1. The van der Waals surface area contributed by atoms with Gasteiger partial charge < -0.3 is 15.1 Å². The maximum Gasteiger partial charge on any atom is 0.315 e. The van der Waals surface area contributed by atoms with Crippen LogP contribution in [0.25, 0.3) is 0 Å². The third-order valence-electron chi connectivity index (χ3n) is 3.57. The number of likely N-dealkylation sites (N-methyl/N-ethyl adjacent to an activating group) is 1. The minimum absolute atomic E-state index is 0.00171. The van der Waals surface area contributed by atoms with Crippen molar-refractivity contribution in [2.75, 3.05) is 20.6 Å². The van der Waals surface area contributed by atoms with E-state index in [4.69, 9.17) is 4.42 Å². The quantitative estimate of drug-likeness (QED) is 0.821. The van der Waals surface area contributed by atoms with Gasteiger partial charge in [-0.2, -0.15) is 0 Å². The molecule has 2 amide bonds. The standard InChI is InChI=1S/C17H24N4O2/c1-13(11-14-7-4-5-9-18-14)20-17(22)19-12-15(21(2)3)16-8-6-10-23-16/h4-10,13,15H,11-12H2,1-3H3,(H2,19,20,22). The van der Waals surface area contributed by atoms with E-state index in [0.717, 1.165) is 11.5 Å². The summed E-state index contributed by atoms with van der Waals surface area (Å²) in [5.41, 5.74) is 0.960. The van der Waals surface area contributed by atoms with Crippen molar-refractivity contribution in [2.45, 2.75) is 25.4 Å². The zero-order valence-electron chi connectivity index (χ0n) is 13.8. The summed E-state index contributed by atoms with van der Waals surface area (Å²) in [5, 5.41) is 5.83. The molecule has 6 nitrogen and oxygen atoms in total. The minimum Gasteiger partial charge on any atom is -0.468 e. The Hall–Kier alpha value is -2.34. The molecule has 124 valence electrons. The lowest BCUT2D eigenvalue weighted by atomic mass is 10.1. The van der Waals surface area contributed by atoms with E-state index in [1.54, 1.807) is 12.5 Å². The first kappa shape index (κ1) is 17.0. The van der Waals surface area contributed by atoms with Crippen LogP contribution in [0.15, 0.2) is 47.2 Å². The van der Waals surface area contributed by atoms with Crippen molar-refractivity contribution in [1.29, 1.82) is 0 Å². The number of aromatic nitrogens is 1. The topological polar surface area (TPSA) is 70.4 Å². The number of pyridine rings is 1. The van der Waals surface area contributed by atoms with E-state index in [2.05, 4.69) is 15.6 Å². The summed E-state index contributed by atoms with van der Waals surface area (Å²) in [5.74, 6) is 0.830. The average molecular weight is 316 g/mol. The van der Waals surface area contributed by atoms with Crippen LogP contribution in [-0.4, -0.2) is 42.6 Å². The second-order valence-corrected chi connectivity index (χ2v) is 5.78. The van der Waals surface area contributed by atoms with E-state index >= 15 is 0 Å².